The predicted molar refractivity (Wildman–Crippen MR) is 89.6 cm³/mol. The van der Waals surface area contributed by atoms with Crippen LogP contribution in [0, 0.1) is 12.3 Å². The number of hydrogen-bond acceptors (Lipinski definition) is 3. The van der Waals surface area contributed by atoms with E-state index in [1.165, 1.54) is 17.4 Å². The highest BCUT2D eigenvalue weighted by molar-refractivity contribution is 7.10. The number of carbonyl (C=O) groups excluding carboxylic acids is 2. The van der Waals surface area contributed by atoms with Gasteiger partial charge in [0, 0.05) is 11.0 Å². The Kier molecular flexibility index (Phi) is 5.52. The fraction of sp³-hybridized carbons (Fsp3) is 0.0588. The van der Waals surface area contributed by atoms with Gasteiger partial charge in [-0.2, -0.15) is 0 Å². The SMILES string of the molecule is C#CCNC(=O)c1ccccc1NC(=O)/C=C/c1cccs1. The van der Waals surface area contributed by atoms with Crippen molar-refractivity contribution in [2.45, 2.75) is 0 Å². The summed E-state index contributed by atoms with van der Waals surface area (Å²) < 4.78 is 0. The lowest BCUT2D eigenvalue weighted by Crippen LogP contribution is -2.25. The highest BCUT2D eigenvalue weighted by Gasteiger charge is 2.11. The Morgan fingerprint density at radius 3 is 2.77 bits per heavy atom. The van der Waals surface area contributed by atoms with Gasteiger partial charge < -0.3 is 10.6 Å². The maximum Gasteiger partial charge on any atom is 0.254 e. The van der Waals surface area contributed by atoms with Crippen LogP contribution in [0.1, 0.15) is 15.2 Å². The molecule has 110 valence electrons. The maximum atomic E-state index is 12.0. The standard InChI is InChI=1S/C17H14N2O2S/c1-2-11-18-17(21)14-7-3-4-8-15(14)19-16(20)10-9-13-6-5-12-22-13/h1,3-10,12H,11H2,(H,18,21)(H,19,20)/b10-9+. The predicted octanol–water partition coefficient (Wildman–Crippen LogP) is 2.76. The van der Waals surface area contributed by atoms with Gasteiger partial charge in [0.05, 0.1) is 17.8 Å². The van der Waals surface area contributed by atoms with Gasteiger partial charge in [-0.05, 0) is 29.7 Å². The number of terminal acetylenes is 1. The zero-order chi connectivity index (χ0) is 15.8. The Morgan fingerprint density at radius 2 is 2.05 bits per heavy atom. The molecule has 0 aliphatic carbocycles. The highest BCUT2D eigenvalue weighted by atomic mass is 32.1. The molecule has 2 amide bonds. The van der Waals surface area contributed by atoms with E-state index in [1.54, 1.807) is 30.3 Å². The summed E-state index contributed by atoms with van der Waals surface area (Å²) in [5.41, 5.74) is 0.813. The minimum absolute atomic E-state index is 0.138. The molecule has 2 rings (SSSR count). The number of para-hydroxylation sites is 1. The molecule has 0 saturated heterocycles. The number of amides is 2. The van der Waals surface area contributed by atoms with Crippen molar-refractivity contribution in [3.8, 4) is 12.3 Å². The molecule has 1 aromatic carbocycles. The largest absolute Gasteiger partial charge is 0.341 e. The van der Waals surface area contributed by atoms with Crippen LogP contribution >= 0.6 is 11.3 Å². The highest BCUT2D eigenvalue weighted by Crippen LogP contribution is 2.15. The van der Waals surface area contributed by atoms with E-state index in [9.17, 15) is 9.59 Å². The summed E-state index contributed by atoms with van der Waals surface area (Å²) in [6, 6.07) is 10.6. The van der Waals surface area contributed by atoms with E-state index >= 15 is 0 Å². The van der Waals surface area contributed by atoms with Gasteiger partial charge in [-0.3, -0.25) is 9.59 Å². The van der Waals surface area contributed by atoms with Crippen molar-refractivity contribution in [3.05, 3.63) is 58.3 Å². The van der Waals surface area contributed by atoms with Crippen molar-refractivity contribution in [2.24, 2.45) is 0 Å². The van der Waals surface area contributed by atoms with Crippen LogP contribution in [0.2, 0.25) is 0 Å². The van der Waals surface area contributed by atoms with Crippen molar-refractivity contribution in [1.82, 2.24) is 5.32 Å². The number of nitrogens with one attached hydrogen (secondary N) is 2. The molecule has 4 nitrogen and oxygen atoms in total. The van der Waals surface area contributed by atoms with E-state index in [4.69, 9.17) is 6.42 Å². The Labute approximate surface area is 132 Å². The van der Waals surface area contributed by atoms with Crippen LogP contribution in [0.5, 0.6) is 0 Å². The molecular formula is C17H14N2O2S. The number of thiophene rings is 1. The molecule has 0 unspecified atom stereocenters. The molecule has 0 spiro atoms. The van der Waals surface area contributed by atoms with Crippen LogP contribution in [0.15, 0.2) is 47.9 Å². The molecule has 2 N–H and O–H groups in total. The van der Waals surface area contributed by atoms with E-state index in [1.807, 2.05) is 17.5 Å². The molecular weight excluding hydrogens is 296 g/mol. The first-order valence-electron chi connectivity index (χ1n) is 6.54. The molecule has 22 heavy (non-hydrogen) atoms. The Bertz CT molecular complexity index is 727. The van der Waals surface area contributed by atoms with E-state index < -0.39 is 0 Å². The Hall–Kier alpha value is -2.84. The summed E-state index contributed by atoms with van der Waals surface area (Å²) in [6.07, 6.45) is 8.27. The van der Waals surface area contributed by atoms with Gasteiger partial charge in [-0.15, -0.1) is 17.8 Å². The lowest BCUT2D eigenvalue weighted by molar-refractivity contribution is -0.111. The van der Waals surface area contributed by atoms with E-state index in [0.717, 1.165) is 4.88 Å². The zero-order valence-electron chi connectivity index (χ0n) is 11.7. The van der Waals surface area contributed by atoms with Crippen LogP contribution in [-0.2, 0) is 4.79 Å². The van der Waals surface area contributed by atoms with Crippen LogP contribution in [0.25, 0.3) is 6.08 Å². The van der Waals surface area contributed by atoms with Crippen molar-refractivity contribution in [1.29, 1.82) is 0 Å². The van der Waals surface area contributed by atoms with Gasteiger partial charge in [-0.25, -0.2) is 0 Å². The second kappa shape index (κ2) is 7.81. The number of anilines is 1. The van der Waals surface area contributed by atoms with Crippen molar-refractivity contribution >= 4 is 34.9 Å². The van der Waals surface area contributed by atoms with Crippen LogP contribution in [0.4, 0.5) is 5.69 Å². The monoisotopic (exact) mass is 310 g/mol. The normalized spacial score (nSPS) is 10.1. The first-order chi connectivity index (χ1) is 10.7. The van der Waals surface area contributed by atoms with E-state index in [-0.39, 0.29) is 18.4 Å². The first-order valence-corrected chi connectivity index (χ1v) is 7.42. The van der Waals surface area contributed by atoms with Gasteiger partial charge >= 0.3 is 0 Å². The van der Waals surface area contributed by atoms with E-state index in [2.05, 4.69) is 16.6 Å². The maximum absolute atomic E-state index is 12.0. The quantitative estimate of drug-likeness (QED) is 0.659. The third-order valence-corrected chi connectivity index (χ3v) is 3.56. The van der Waals surface area contributed by atoms with Crippen molar-refractivity contribution in [2.75, 3.05) is 11.9 Å². The molecule has 0 aliphatic heterocycles. The number of carbonyl (C=O) groups is 2. The van der Waals surface area contributed by atoms with Gasteiger partial charge in [0.2, 0.25) is 5.91 Å². The lowest BCUT2D eigenvalue weighted by atomic mass is 10.1. The third kappa shape index (κ3) is 4.33. The minimum atomic E-state index is -0.323. The third-order valence-electron chi connectivity index (χ3n) is 2.72. The topological polar surface area (TPSA) is 58.2 Å². The second-order valence-electron chi connectivity index (χ2n) is 4.27. The smallest absolute Gasteiger partial charge is 0.254 e. The number of rotatable bonds is 5. The fourth-order valence-corrected chi connectivity index (χ4v) is 2.35. The van der Waals surface area contributed by atoms with Gasteiger partial charge in [-0.1, -0.05) is 24.1 Å². The van der Waals surface area contributed by atoms with Crippen LogP contribution in [-0.4, -0.2) is 18.4 Å². The molecule has 2 aromatic rings. The molecule has 0 saturated carbocycles. The molecule has 0 radical (unpaired) electrons. The molecule has 5 heteroatoms. The van der Waals surface area contributed by atoms with E-state index in [0.29, 0.717) is 11.3 Å². The average Bonchev–Trinajstić information content (AvgIpc) is 3.04. The van der Waals surface area contributed by atoms with Crippen LogP contribution in [0.3, 0.4) is 0 Å². The minimum Gasteiger partial charge on any atom is -0.341 e. The van der Waals surface area contributed by atoms with Crippen molar-refractivity contribution < 1.29 is 9.59 Å². The number of benzene rings is 1. The zero-order valence-corrected chi connectivity index (χ0v) is 12.5. The molecule has 1 heterocycles. The number of hydrogen-bond donors (Lipinski definition) is 2. The van der Waals surface area contributed by atoms with Gasteiger partial charge in [0.15, 0.2) is 0 Å². The van der Waals surface area contributed by atoms with Crippen molar-refractivity contribution in [3.63, 3.8) is 0 Å². The summed E-state index contributed by atoms with van der Waals surface area (Å²) in [5.74, 6) is 1.71. The Morgan fingerprint density at radius 1 is 1.23 bits per heavy atom. The molecule has 0 fully saturated rings. The molecule has 0 bridgehead atoms. The average molecular weight is 310 g/mol. The summed E-state index contributed by atoms with van der Waals surface area (Å²) >= 11 is 1.54. The summed E-state index contributed by atoms with van der Waals surface area (Å²) in [6.45, 7) is 0.138. The Balaban J connectivity index is 2.08. The lowest BCUT2D eigenvalue weighted by Gasteiger charge is -2.09. The van der Waals surface area contributed by atoms with Gasteiger partial charge in [0.1, 0.15) is 0 Å². The molecule has 1 aromatic heterocycles. The van der Waals surface area contributed by atoms with Crippen LogP contribution < -0.4 is 10.6 Å². The first kappa shape index (κ1) is 15.5. The summed E-state index contributed by atoms with van der Waals surface area (Å²) in [7, 11) is 0. The second-order valence-corrected chi connectivity index (χ2v) is 5.25. The van der Waals surface area contributed by atoms with Gasteiger partial charge in [0.25, 0.3) is 5.91 Å². The molecule has 0 aliphatic rings. The summed E-state index contributed by atoms with van der Waals surface area (Å²) in [5, 5.41) is 7.20. The fourth-order valence-electron chi connectivity index (χ4n) is 1.73. The summed E-state index contributed by atoms with van der Waals surface area (Å²) in [4.78, 5) is 24.9. The molecule has 0 atom stereocenters.